The molecule has 1 aliphatic rings. The van der Waals surface area contributed by atoms with Crippen LogP contribution in [0.3, 0.4) is 0 Å². The fourth-order valence-corrected chi connectivity index (χ4v) is 4.04. The van der Waals surface area contributed by atoms with E-state index in [1.165, 1.54) is 38.5 Å². The van der Waals surface area contributed by atoms with E-state index in [-0.39, 0.29) is 18.0 Å². The van der Waals surface area contributed by atoms with Gasteiger partial charge in [0.2, 0.25) is 0 Å². The third-order valence-electron chi connectivity index (χ3n) is 5.61. The smallest absolute Gasteiger partial charge is 0.309 e. The Bertz CT molecular complexity index is 324. The van der Waals surface area contributed by atoms with Crippen LogP contribution in [0.15, 0.2) is 0 Å². The van der Waals surface area contributed by atoms with E-state index in [4.69, 9.17) is 4.74 Å². The number of esters is 1. The number of hydrogen-bond donors (Lipinski definition) is 0. The first-order chi connectivity index (χ1) is 11.0. The molecule has 0 aromatic rings. The normalized spacial score (nSPS) is 26.3. The van der Waals surface area contributed by atoms with Crippen LogP contribution in [0.25, 0.3) is 0 Å². The minimum atomic E-state index is 0.0908. The maximum atomic E-state index is 12.7. The van der Waals surface area contributed by atoms with Crippen LogP contribution < -0.4 is 0 Å². The van der Waals surface area contributed by atoms with Gasteiger partial charge in [-0.2, -0.15) is 0 Å². The molecule has 0 radical (unpaired) electrons. The Hall–Kier alpha value is -0.530. The molecule has 0 aromatic carbocycles. The quantitative estimate of drug-likeness (QED) is 0.344. The Morgan fingerprint density at radius 1 is 1.04 bits per heavy atom. The minimum absolute atomic E-state index is 0.0908. The molecule has 1 rings (SSSR count). The number of ether oxygens (including phenoxy) is 1. The second-order valence-electron chi connectivity index (χ2n) is 8.14. The van der Waals surface area contributed by atoms with Crippen LogP contribution in [0.4, 0.5) is 0 Å². The summed E-state index contributed by atoms with van der Waals surface area (Å²) in [5, 5.41) is 0. The molecule has 4 atom stereocenters. The molecule has 1 saturated carbocycles. The fourth-order valence-electron chi connectivity index (χ4n) is 4.04. The average molecular weight is 325 g/mol. The van der Waals surface area contributed by atoms with E-state index in [1.807, 2.05) is 0 Å². The first kappa shape index (κ1) is 20.5. The Kier molecular flexibility index (Phi) is 9.90. The molecule has 23 heavy (non-hydrogen) atoms. The van der Waals surface area contributed by atoms with Crippen molar-refractivity contribution in [2.75, 3.05) is 0 Å². The molecule has 1 fully saturated rings. The van der Waals surface area contributed by atoms with Gasteiger partial charge in [-0.15, -0.1) is 0 Å². The zero-order valence-electron chi connectivity index (χ0n) is 16.3. The molecule has 0 N–H and O–H groups in total. The summed E-state index contributed by atoms with van der Waals surface area (Å²) in [7, 11) is 0. The SMILES string of the molecule is CCCCCC[C@H](CCC)C(=O)O[C@H]1C[C@@H](C)CC[C@@H]1C(C)C. The van der Waals surface area contributed by atoms with Crippen LogP contribution in [-0.2, 0) is 9.53 Å². The van der Waals surface area contributed by atoms with Gasteiger partial charge in [0.15, 0.2) is 0 Å². The fraction of sp³-hybridized carbons (Fsp3) is 0.952. The Morgan fingerprint density at radius 2 is 1.78 bits per heavy atom. The summed E-state index contributed by atoms with van der Waals surface area (Å²) < 4.78 is 6.07. The molecule has 0 aliphatic heterocycles. The van der Waals surface area contributed by atoms with E-state index < -0.39 is 0 Å². The lowest BCUT2D eigenvalue weighted by molar-refractivity contribution is -0.161. The summed E-state index contributed by atoms with van der Waals surface area (Å²) in [4.78, 5) is 12.7. The van der Waals surface area contributed by atoms with Gasteiger partial charge in [0.25, 0.3) is 0 Å². The summed E-state index contributed by atoms with van der Waals surface area (Å²) in [6, 6.07) is 0. The largest absolute Gasteiger partial charge is 0.462 e. The summed E-state index contributed by atoms with van der Waals surface area (Å²) in [6.45, 7) is 11.2. The number of carbonyl (C=O) groups excluding carboxylic acids is 1. The summed E-state index contributed by atoms with van der Waals surface area (Å²) >= 11 is 0. The molecular weight excluding hydrogens is 284 g/mol. The van der Waals surface area contributed by atoms with E-state index in [0.29, 0.717) is 17.8 Å². The van der Waals surface area contributed by atoms with Crippen molar-refractivity contribution in [3.05, 3.63) is 0 Å². The molecule has 136 valence electrons. The van der Waals surface area contributed by atoms with Gasteiger partial charge in [0.05, 0.1) is 5.92 Å². The summed E-state index contributed by atoms with van der Waals surface area (Å²) in [5.41, 5.74) is 0. The minimum Gasteiger partial charge on any atom is -0.462 e. The molecule has 0 saturated heterocycles. The van der Waals surface area contributed by atoms with Crippen molar-refractivity contribution < 1.29 is 9.53 Å². The van der Waals surface area contributed by atoms with E-state index in [1.54, 1.807) is 0 Å². The topological polar surface area (TPSA) is 26.3 Å². The van der Waals surface area contributed by atoms with Crippen LogP contribution in [0.5, 0.6) is 0 Å². The van der Waals surface area contributed by atoms with Gasteiger partial charge < -0.3 is 4.74 Å². The molecule has 0 aromatic heterocycles. The van der Waals surface area contributed by atoms with Crippen molar-refractivity contribution in [2.24, 2.45) is 23.7 Å². The monoisotopic (exact) mass is 324 g/mol. The van der Waals surface area contributed by atoms with Crippen LogP contribution in [0.2, 0.25) is 0 Å². The molecule has 1 aliphatic carbocycles. The van der Waals surface area contributed by atoms with Gasteiger partial charge in [0, 0.05) is 0 Å². The summed E-state index contributed by atoms with van der Waals surface area (Å²) in [5.74, 6) is 2.07. The predicted octanol–water partition coefficient (Wildman–Crippen LogP) is 6.38. The lowest BCUT2D eigenvalue weighted by Crippen LogP contribution is -2.37. The van der Waals surface area contributed by atoms with Crippen molar-refractivity contribution >= 4 is 5.97 Å². The number of carbonyl (C=O) groups is 1. The molecular formula is C21H40O2. The Morgan fingerprint density at radius 3 is 2.39 bits per heavy atom. The van der Waals surface area contributed by atoms with Crippen LogP contribution in [0.1, 0.15) is 98.8 Å². The third-order valence-corrected chi connectivity index (χ3v) is 5.61. The zero-order valence-corrected chi connectivity index (χ0v) is 16.3. The average Bonchev–Trinajstić information content (AvgIpc) is 2.50. The molecule has 0 spiro atoms. The molecule has 0 unspecified atom stereocenters. The third kappa shape index (κ3) is 7.27. The lowest BCUT2D eigenvalue weighted by atomic mass is 9.75. The van der Waals surface area contributed by atoms with Gasteiger partial charge in [-0.05, 0) is 43.4 Å². The number of unbranched alkanes of at least 4 members (excludes halogenated alkanes) is 3. The van der Waals surface area contributed by atoms with Crippen molar-refractivity contribution in [1.82, 2.24) is 0 Å². The van der Waals surface area contributed by atoms with Crippen molar-refractivity contribution in [3.8, 4) is 0 Å². The molecule has 0 heterocycles. The summed E-state index contributed by atoms with van der Waals surface area (Å²) in [6.07, 6.45) is 11.7. The van der Waals surface area contributed by atoms with Gasteiger partial charge in [-0.1, -0.05) is 73.1 Å². The predicted molar refractivity (Wildman–Crippen MR) is 98.4 cm³/mol. The van der Waals surface area contributed by atoms with Crippen molar-refractivity contribution in [1.29, 1.82) is 0 Å². The highest BCUT2D eigenvalue weighted by Gasteiger charge is 2.34. The van der Waals surface area contributed by atoms with Crippen LogP contribution in [0, 0.1) is 23.7 Å². The van der Waals surface area contributed by atoms with Crippen LogP contribution in [-0.4, -0.2) is 12.1 Å². The second-order valence-corrected chi connectivity index (χ2v) is 8.14. The Balaban J connectivity index is 2.56. The first-order valence-corrected chi connectivity index (χ1v) is 10.2. The number of hydrogen-bond acceptors (Lipinski definition) is 2. The van der Waals surface area contributed by atoms with E-state index >= 15 is 0 Å². The maximum Gasteiger partial charge on any atom is 0.309 e. The van der Waals surface area contributed by atoms with Gasteiger partial charge in [-0.25, -0.2) is 0 Å². The Labute approximate surface area is 144 Å². The standard InChI is InChI=1S/C21H40O2/c1-6-8-9-10-12-18(11-7-2)21(22)23-20-15-17(5)13-14-19(20)16(3)4/h16-20H,6-15H2,1-5H3/t17-,18-,19+,20-/m0/s1. The van der Waals surface area contributed by atoms with Gasteiger partial charge in [0.1, 0.15) is 6.10 Å². The highest BCUT2D eigenvalue weighted by atomic mass is 16.5. The highest BCUT2D eigenvalue weighted by molar-refractivity contribution is 5.72. The van der Waals surface area contributed by atoms with Gasteiger partial charge in [-0.3, -0.25) is 4.79 Å². The van der Waals surface area contributed by atoms with Gasteiger partial charge >= 0.3 is 5.97 Å². The maximum absolute atomic E-state index is 12.7. The van der Waals surface area contributed by atoms with E-state index in [9.17, 15) is 4.79 Å². The van der Waals surface area contributed by atoms with Crippen LogP contribution >= 0.6 is 0 Å². The first-order valence-electron chi connectivity index (χ1n) is 10.2. The van der Waals surface area contributed by atoms with Crippen molar-refractivity contribution in [3.63, 3.8) is 0 Å². The van der Waals surface area contributed by atoms with Crippen molar-refractivity contribution in [2.45, 2.75) is 105 Å². The highest BCUT2D eigenvalue weighted by Crippen LogP contribution is 2.36. The second kappa shape index (κ2) is 11.1. The number of rotatable bonds is 10. The lowest BCUT2D eigenvalue weighted by Gasteiger charge is -2.37. The molecule has 0 bridgehead atoms. The molecule has 0 amide bonds. The molecule has 2 heteroatoms. The van der Waals surface area contributed by atoms with E-state index in [2.05, 4.69) is 34.6 Å². The van der Waals surface area contributed by atoms with E-state index in [0.717, 1.165) is 25.7 Å². The zero-order chi connectivity index (χ0) is 17.2. The molecule has 2 nitrogen and oxygen atoms in total.